The van der Waals surface area contributed by atoms with Gasteiger partial charge in [-0.3, -0.25) is 9.69 Å². The van der Waals surface area contributed by atoms with Gasteiger partial charge in [0.15, 0.2) is 5.41 Å². The summed E-state index contributed by atoms with van der Waals surface area (Å²) in [5.41, 5.74) is -3.84. The van der Waals surface area contributed by atoms with Crippen LogP contribution in [0.5, 0.6) is 0 Å². The molecule has 10 heteroatoms. The zero-order chi connectivity index (χ0) is 19.8. The summed E-state index contributed by atoms with van der Waals surface area (Å²) in [7, 11) is 0. The number of ether oxygens (including phenoxy) is 1. The highest BCUT2D eigenvalue weighted by Crippen LogP contribution is 2.55. The van der Waals surface area contributed by atoms with Gasteiger partial charge >= 0.3 is 12.4 Å². The summed E-state index contributed by atoms with van der Waals surface area (Å²) in [5, 5.41) is 0. The van der Waals surface area contributed by atoms with E-state index in [2.05, 4.69) is 0 Å². The smallest absolute Gasteiger partial charge is 0.376 e. The molecule has 0 saturated carbocycles. The minimum Gasteiger partial charge on any atom is -0.376 e. The van der Waals surface area contributed by atoms with Crippen molar-refractivity contribution >= 4 is 5.91 Å². The lowest BCUT2D eigenvalue weighted by Gasteiger charge is -2.39. The topological polar surface area (TPSA) is 32.8 Å². The minimum absolute atomic E-state index is 0.0892. The maximum atomic E-state index is 13.2. The summed E-state index contributed by atoms with van der Waals surface area (Å²) >= 11 is 0. The lowest BCUT2D eigenvalue weighted by atomic mass is 9.85. The van der Waals surface area contributed by atoms with E-state index in [1.54, 1.807) is 11.8 Å². The molecule has 2 saturated heterocycles. The molecule has 0 radical (unpaired) electrons. The van der Waals surface area contributed by atoms with Gasteiger partial charge in [0, 0.05) is 26.2 Å². The molecule has 0 bridgehead atoms. The Labute approximate surface area is 148 Å². The SMILES string of the molecule is CC[C@@H]1CN([C@@H](CC)C(=O)N2CCC(C(F)(F)F)(C(F)(F)F)C2)CCO1. The number of carbonyl (C=O) groups excluding carboxylic acids is 1. The van der Waals surface area contributed by atoms with Crippen molar-refractivity contribution in [3.63, 3.8) is 0 Å². The highest BCUT2D eigenvalue weighted by atomic mass is 19.4. The van der Waals surface area contributed by atoms with Crippen LogP contribution < -0.4 is 0 Å². The zero-order valence-corrected chi connectivity index (χ0v) is 14.8. The Kier molecular flexibility index (Phi) is 6.16. The lowest BCUT2D eigenvalue weighted by molar-refractivity contribution is -0.334. The van der Waals surface area contributed by atoms with E-state index in [1.807, 2.05) is 6.92 Å². The Hall–Kier alpha value is -1.03. The second kappa shape index (κ2) is 7.53. The van der Waals surface area contributed by atoms with Gasteiger partial charge in [-0.1, -0.05) is 13.8 Å². The van der Waals surface area contributed by atoms with E-state index in [0.717, 1.165) is 11.3 Å². The second-order valence-corrected chi connectivity index (χ2v) is 6.91. The number of hydrogen-bond donors (Lipinski definition) is 0. The third-order valence-corrected chi connectivity index (χ3v) is 5.40. The van der Waals surface area contributed by atoms with E-state index < -0.39 is 49.2 Å². The monoisotopic (exact) mass is 390 g/mol. The predicted molar refractivity (Wildman–Crippen MR) is 81.4 cm³/mol. The first-order valence-electron chi connectivity index (χ1n) is 8.74. The second-order valence-electron chi connectivity index (χ2n) is 6.91. The predicted octanol–water partition coefficient (Wildman–Crippen LogP) is 3.22. The molecule has 0 aromatic heterocycles. The summed E-state index contributed by atoms with van der Waals surface area (Å²) in [6, 6.07) is -0.731. The Morgan fingerprint density at radius 1 is 1.15 bits per heavy atom. The van der Waals surface area contributed by atoms with Crippen molar-refractivity contribution in [3.05, 3.63) is 0 Å². The highest BCUT2D eigenvalue weighted by Gasteiger charge is 2.73. The van der Waals surface area contributed by atoms with Gasteiger partial charge in [-0.2, -0.15) is 26.3 Å². The Morgan fingerprint density at radius 2 is 1.77 bits per heavy atom. The number of rotatable bonds is 4. The number of hydrogen-bond acceptors (Lipinski definition) is 3. The molecule has 2 fully saturated rings. The molecular weight excluding hydrogens is 366 g/mol. The van der Waals surface area contributed by atoms with Gasteiger partial charge < -0.3 is 9.64 Å². The quantitative estimate of drug-likeness (QED) is 0.691. The van der Waals surface area contributed by atoms with Gasteiger partial charge in [-0.25, -0.2) is 0 Å². The molecule has 0 unspecified atom stereocenters. The molecule has 0 N–H and O–H groups in total. The fourth-order valence-corrected chi connectivity index (χ4v) is 3.69. The van der Waals surface area contributed by atoms with Crippen molar-refractivity contribution in [1.82, 2.24) is 9.80 Å². The number of likely N-dealkylation sites (tertiary alicyclic amines) is 1. The van der Waals surface area contributed by atoms with Gasteiger partial charge in [-0.15, -0.1) is 0 Å². The molecule has 152 valence electrons. The van der Waals surface area contributed by atoms with E-state index in [-0.39, 0.29) is 6.10 Å². The summed E-state index contributed by atoms with van der Waals surface area (Å²) in [6.45, 7) is 2.97. The maximum Gasteiger partial charge on any atom is 0.404 e. The molecule has 2 rings (SSSR count). The minimum atomic E-state index is -5.45. The number of amides is 1. The van der Waals surface area contributed by atoms with E-state index in [0.29, 0.717) is 26.1 Å². The van der Waals surface area contributed by atoms with Crippen molar-refractivity contribution in [2.45, 2.75) is 57.6 Å². The molecular formula is C16H24F6N2O2. The van der Waals surface area contributed by atoms with Crippen LogP contribution in [-0.4, -0.2) is 73.0 Å². The zero-order valence-electron chi connectivity index (χ0n) is 14.8. The van der Waals surface area contributed by atoms with Gasteiger partial charge in [-0.05, 0) is 19.3 Å². The average Bonchev–Trinajstić information content (AvgIpc) is 3.02. The number of halogens is 6. The molecule has 26 heavy (non-hydrogen) atoms. The molecule has 2 aliphatic heterocycles. The van der Waals surface area contributed by atoms with Gasteiger partial charge in [0.05, 0.1) is 18.8 Å². The maximum absolute atomic E-state index is 13.2. The normalized spacial score (nSPS) is 26.2. The first-order valence-corrected chi connectivity index (χ1v) is 8.74. The first-order chi connectivity index (χ1) is 12.0. The van der Waals surface area contributed by atoms with Crippen LogP contribution in [0.1, 0.15) is 33.1 Å². The highest BCUT2D eigenvalue weighted by molar-refractivity contribution is 5.82. The van der Waals surface area contributed by atoms with Crippen LogP contribution in [0.25, 0.3) is 0 Å². The van der Waals surface area contributed by atoms with Crippen molar-refractivity contribution in [1.29, 1.82) is 0 Å². The summed E-state index contributed by atoms with van der Waals surface area (Å²) < 4.78 is 84.7. The Balaban J connectivity index is 2.16. The van der Waals surface area contributed by atoms with Crippen LogP contribution in [0.4, 0.5) is 26.3 Å². The van der Waals surface area contributed by atoms with Gasteiger partial charge in [0.1, 0.15) is 0 Å². The Morgan fingerprint density at radius 3 is 2.23 bits per heavy atom. The van der Waals surface area contributed by atoms with Crippen LogP contribution in [-0.2, 0) is 9.53 Å². The molecule has 1 amide bonds. The van der Waals surface area contributed by atoms with E-state index in [1.165, 1.54) is 0 Å². The third kappa shape index (κ3) is 3.81. The van der Waals surface area contributed by atoms with Crippen molar-refractivity contribution in [2.24, 2.45) is 5.41 Å². The number of alkyl halides is 6. The third-order valence-electron chi connectivity index (χ3n) is 5.40. The van der Waals surface area contributed by atoms with Crippen LogP contribution in [0, 0.1) is 5.41 Å². The van der Waals surface area contributed by atoms with Crippen molar-refractivity contribution in [3.8, 4) is 0 Å². The Bertz CT molecular complexity index is 494. The summed E-state index contributed by atoms with van der Waals surface area (Å²) in [4.78, 5) is 15.3. The van der Waals surface area contributed by atoms with Crippen LogP contribution in [0.15, 0.2) is 0 Å². The number of carbonyl (C=O) groups is 1. The fraction of sp³-hybridized carbons (Fsp3) is 0.938. The van der Waals surface area contributed by atoms with E-state index >= 15 is 0 Å². The van der Waals surface area contributed by atoms with Crippen LogP contribution in [0.3, 0.4) is 0 Å². The molecule has 0 aromatic carbocycles. The summed E-state index contributed by atoms with van der Waals surface area (Å²) in [5.74, 6) is -0.667. The van der Waals surface area contributed by atoms with Crippen molar-refractivity contribution in [2.75, 3.05) is 32.8 Å². The molecule has 0 spiro atoms. The molecule has 4 nitrogen and oxygen atoms in total. The van der Waals surface area contributed by atoms with E-state index in [4.69, 9.17) is 4.74 Å². The van der Waals surface area contributed by atoms with Crippen molar-refractivity contribution < 1.29 is 35.9 Å². The molecule has 2 atom stereocenters. The average molecular weight is 390 g/mol. The molecule has 2 heterocycles. The largest absolute Gasteiger partial charge is 0.404 e. The molecule has 2 aliphatic rings. The molecule has 0 aromatic rings. The van der Waals surface area contributed by atoms with Gasteiger partial charge in [0.25, 0.3) is 0 Å². The summed E-state index contributed by atoms with van der Waals surface area (Å²) in [6.07, 6.45) is -11.1. The van der Waals surface area contributed by atoms with Gasteiger partial charge in [0.2, 0.25) is 5.91 Å². The van der Waals surface area contributed by atoms with Crippen LogP contribution >= 0.6 is 0 Å². The fourth-order valence-electron chi connectivity index (χ4n) is 3.69. The molecule has 0 aliphatic carbocycles. The lowest BCUT2D eigenvalue weighted by Crippen LogP contribution is -2.56. The number of morpholine rings is 1. The van der Waals surface area contributed by atoms with Crippen LogP contribution in [0.2, 0.25) is 0 Å². The van der Waals surface area contributed by atoms with E-state index in [9.17, 15) is 31.1 Å². The first kappa shape index (κ1) is 21.3. The number of nitrogens with zero attached hydrogens (tertiary/aromatic N) is 2. The standard InChI is InChI=1S/C16H24F6N2O2/c1-3-11-9-23(7-8-26-11)12(4-2)13(25)24-6-5-14(10-24,15(17,18)19)16(20,21)22/h11-12H,3-10H2,1-2H3/t11-,12+/m1/s1.